The van der Waals surface area contributed by atoms with Gasteiger partial charge in [-0.3, -0.25) is 4.79 Å². The minimum absolute atomic E-state index is 0.0267. The maximum Gasteiger partial charge on any atom is 0.305 e. The molecule has 7 atom stereocenters. The molecule has 36 heavy (non-hydrogen) atoms. The predicted octanol–water partition coefficient (Wildman–Crippen LogP) is 6.54. The van der Waals surface area contributed by atoms with Gasteiger partial charge in [-0.05, 0) is 32.1 Å². The third kappa shape index (κ3) is 16.1. The van der Waals surface area contributed by atoms with Crippen molar-refractivity contribution in [1.82, 2.24) is 0 Å². The topological polar surface area (TPSA) is 87.0 Å². The van der Waals surface area contributed by atoms with Crippen LogP contribution in [-0.2, 0) is 9.53 Å². The lowest BCUT2D eigenvalue weighted by molar-refractivity contribution is -0.140. The fourth-order valence-corrected chi connectivity index (χ4v) is 4.27. The molecule has 0 radical (unpaired) electrons. The third-order valence-corrected chi connectivity index (χ3v) is 7.05. The zero-order chi connectivity index (χ0) is 27.3. The van der Waals surface area contributed by atoms with E-state index in [1.807, 2.05) is 52.0 Å². The van der Waals surface area contributed by atoms with Crippen LogP contribution in [-0.4, -0.2) is 46.7 Å². The van der Waals surface area contributed by atoms with Crippen molar-refractivity contribution < 1.29 is 24.9 Å². The Morgan fingerprint density at radius 1 is 0.778 bits per heavy atom. The highest BCUT2D eigenvalue weighted by Gasteiger charge is 2.25. The van der Waals surface area contributed by atoms with Gasteiger partial charge in [-0.2, -0.15) is 0 Å². The summed E-state index contributed by atoms with van der Waals surface area (Å²) in [5.74, 6) is -0.281. The average molecular weight is 507 g/mol. The Morgan fingerprint density at radius 2 is 1.31 bits per heavy atom. The summed E-state index contributed by atoms with van der Waals surface area (Å²) in [5, 5.41) is 31.5. The van der Waals surface area contributed by atoms with Gasteiger partial charge >= 0.3 is 5.97 Å². The Labute approximate surface area is 221 Å². The Hall–Kier alpha value is -1.69. The van der Waals surface area contributed by atoms with Crippen molar-refractivity contribution in [3.8, 4) is 0 Å². The molecule has 0 saturated heterocycles. The fourth-order valence-electron chi connectivity index (χ4n) is 4.27. The highest BCUT2D eigenvalue weighted by Crippen LogP contribution is 2.21. The number of carbonyl (C=O) groups excluding carboxylic acids is 1. The molecular formula is C31H54O5. The van der Waals surface area contributed by atoms with Crippen molar-refractivity contribution >= 4 is 5.97 Å². The van der Waals surface area contributed by atoms with Crippen LogP contribution < -0.4 is 0 Å². The van der Waals surface area contributed by atoms with Crippen LogP contribution in [0, 0.1) is 23.7 Å². The van der Waals surface area contributed by atoms with Crippen molar-refractivity contribution in [3.63, 3.8) is 0 Å². The molecule has 0 amide bonds. The van der Waals surface area contributed by atoms with Crippen LogP contribution >= 0.6 is 0 Å². The highest BCUT2D eigenvalue weighted by atomic mass is 16.5. The van der Waals surface area contributed by atoms with Crippen molar-refractivity contribution in [2.45, 2.75) is 110 Å². The molecule has 0 aromatic heterocycles. The van der Waals surface area contributed by atoms with Crippen LogP contribution in [0.2, 0.25) is 0 Å². The van der Waals surface area contributed by atoms with E-state index in [-0.39, 0.29) is 29.6 Å². The number of aliphatic hydroxyl groups excluding tert-OH is 3. The number of ether oxygens (including phenoxy) is 1. The van der Waals surface area contributed by atoms with Gasteiger partial charge in [-0.25, -0.2) is 0 Å². The Bertz CT molecular complexity index is 653. The molecule has 0 aliphatic rings. The van der Waals surface area contributed by atoms with E-state index in [0.29, 0.717) is 19.3 Å². The quantitative estimate of drug-likeness (QED) is 0.0712. The number of allylic oxidation sites excluding steroid dienone is 4. The molecule has 3 N–H and O–H groups in total. The second-order valence-corrected chi connectivity index (χ2v) is 10.3. The van der Waals surface area contributed by atoms with Gasteiger partial charge in [0, 0.05) is 30.1 Å². The van der Waals surface area contributed by atoms with Gasteiger partial charge < -0.3 is 20.1 Å². The zero-order valence-electron chi connectivity index (χ0n) is 23.5. The Morgan fingerprint density at radius 3 is 1.89 bits per heavy atom. The van der Waals surface area contributed by atoms with Crippen molar-refractivity contribution in [2.75, 3.05) is 7.11 Å². The molecule has 0 heterocycles. The molecule has 5 nitrogen and oxygen atoms in total. The second kappa shape index (κ2) is 21.4. The van der Waals surface area contributed by atoms with Crippen molar-refractivity contribution in [3.05, 3.63) is 49.1 Å². The van der Waals surface area contributed by atoms with Crippen LogP contribution in [0.1, 0.15) is 91.9 Å². The van der Waals surface area contributed by atoms with Crippen LogP contribution in [0.5, 0.6) is 0 Å². The number of carbonyl (C=O) groups is 1. The van der Waals surface area contributed by atoms with E-state index in [1.165, 1.54) is 20.0 Å². The van der Waals surface area contributed by atoms with Crippen molar-refractivity contribution in [1.29, 1.82) is 0 Å². The van der Waals surface area contributed by atoms with Gasteiger partial charge in [-0.1, -0.05) is 102 Å². The number of unbranched alkanes of at least 4 members (excludes halogenated alkanes) is 6. The van der Waals surface area contributed by atoms with Gasteiger partial charge in [0.25, 0.3) is 0 Å². The van der Waals surface area contributed by atoms with Gasteiger partial charge in [0.2, 0.25) is 0 Å². The summed E-state index contributed by atoms with van der Waals surface area (Å²) in [6.45, 7) is 11.5. The fraction of sp³-hybridized carbons (Fsp3) is 0.710. The van der Waals surface area contributed by atoms with Crippen molar-refractivity contribution in [2.24, 2.45) is 23.7 Å². The van der Waals surface area contributed by atoms with Gasteiger partial charge in [0.15, 0.2) is 0 Å². The molecule has 0 spiro atoms. The second-order valence-electron chi connectivity index (χ2n) is 10.3. The summed E-state index contributed by atoms with van der Waals surface area (Å²) < 4.78 is 4.65. The normalized spacial score (nSPS) is 18.2. The highest BCUT2D eigenvalue weighted by molar-refractivity contribution is 5.68. The molecule has 5 heteroatoms. The largest absolute Gasteiger partial charge is 0.469 e. The minimum Gasteiger partial charge on any atom is -0.469 e. The van der Waals surface area contributed by atoms with E-state index in [2.05, 4.69) is 23.5 Å². The first-order valence-corrected chi connectivity index (χ1v) is 13.9. The minimum atomic E-state index is -0.605. The molecule has 0 aromatic rings. The van der Waals surface area contributed by atoms with E-state index in [4.69, 9.17) is 0 Å². The summed E-state index contributed by atoms with van der Waals surface area (Å²) in [7, 11) is 1.43. The molecule has 0 aliphatic carbocycles. The molecular weight excluding hydrogens is 452 g/mol. The van der Waals surface area contributed by atoms with Crippen LogP contribution in [0.3, 0.4) is 0 Å². The average Bonchev–Trinajstić information content (AvgIpc) is 2.88. The number of rotatable bonds is 21. The maximum absolute atomic E-state index is 11.1. The zero-order valence-corrected chi connectivity index (χ0v) is 23.5. The first-order chi connectivity index (χ1) is 17.1. The molecule has 208 valence electrons. The van der Waals surface area contributed by atoms with Gasteiger partial charge in [0.1, 0.15) is 0 Å². The smallest absolute Gasteiger partial charge is 0.305 e. The standard InChI is InChI=1S/C31H54O5/c1-7-8-19-26(4)31(35)27(5)28(32)22-18-17-21-25(3)30(34)24(2)20-15-13-11-9-10-12-14-16-23-29(33)36-6/h7-8,15,17,19-21,24-28,30-32,34-35H,1,9-14,16,18,22-23H2,2-6H3. The Balaban J connectivity index is 4.13. The van der Waals surface area contributed by atoms with E-state index < -0.39 is 18.3 Å². The molecule has 0 bridgehead atoms. The number of hydrogen-bond donors (Lipinski definition) is 3. The summed E-state index contributed by atoms with van der Waals surface area (Å²) in [6, 6.07) is 0. The summed E-state index contributed by atoms with van der Waals surface area (Å²) in [4.78, 5) is 11.1. The monoisotopic (exact) mass is 506 g/mol. The number of hydrogen-bond acceptors (Lipinski definition) is 5. The lowest BCUT2D eigenvalue weighted by Crippen LogP contribution is -2.33. The number of aliphatic hydroxyl groups is 3. The summed E-state index contributed by atoms with van der Waals surface area (Å²) >= 11 is 0. The molecule has 0 rings (SSSR count). The lowest BCUT2D eigenvalue weighted by Gasteiger charge is -2.27. The third-order valence-electron chi connectivity index (χ3n) is 7.05. The molecule has 0 saturated carbocycles. The van der Waals surface area contributed by atoms with E-state index in [1.54, 1.807) is 6.08 Å². The lowest BCUT2D eigenvalue weighted by atomic mass is 9.87. The number of methoxy groups -OCH3 is 1. The van der Waals surface area contributed by atoms with Crippen LogP contribution in [0.15, 0.2) is 49.1 Å². The van der Waals surface area contributed by atoms with Gasteiger partial charge in [0.05, 0.1) is 25.4 Å². The van der Waals surface area contributed by atoms with Crippen LogP contribution in [0.4, 0.5) is 0 Å². The maximum atomic E-state index is 11.1. The first-order valence-electron chi connectivity index (χ1n) is 13.9. The number of esters is 1. The molecule has 0 aromatic carbocycles. The molecule has 0 fully saturated rings. The summed E-state index contributed by atoms with van der Waals surface area (Å²) in [6.07, 6.45) is 21.6. The Kier molecular flexibility index (Phi) is 20.4. The SMILES string of the molecule is C=CC=CC(C)C(O)C(C)C(O)CCC=CC(C)C(O)C(C)C=CCCCCCCCCC(=O)OC. The van der Waals surface area contributed by atoms with E-state index in [9.17, 15) is 20.1 Å². The first kappa shape index (κ1) is 34.3. The molecule has 0 aliphatic heterocycles. The van der Waals surface area contributed by atoms with E-state index in [0.717, 1.165) is 32.1 Å². The summed E-state index contributed by atoms with van der Waals surface area (Å²) in [5.41, 5.74) is 0. The predicted molar refractivity (Wildman–Crippen MR) is 150 cm³/mol. The van der Waals surface area contributed by atoms with E-state index >= 15 is 0 Å². The molecule has 7 unspecified atom stereocenters. The van der Waals surface area contributed by atoms with Gasteiger partial charge in [-0.15, -0.1) is 0 Å². The van der Waals surface area contributed by atoms with Crippen LogP contribution in [0.25, 0.3) is 0 Å².